The van der Waals surface area contributed by atoms with Gasteiger partial charge in [-0.05, 0) is 30.0 Å². The first-order chi connectivity index (χ1) is 20.5. The molecule has 11 nitrogen and oxygen atoms in total. The molecule has 4 fully saturated rings. The molecule has 0 radical (unpaired) electrons. The fourth-order valence-corrected chi connectivity index (χ4v) is 11.3. The van der Waals surface area contributed by atoms with Crippen LogP contribution >= 0.6 is 11.8 Å². The highest BCUT2D eigenvalue weighted by molar-refractivity contribution is 8.04. The number of amides is 1. The molecule has 6 heterocycles. The smallest absolute Gasteiger partial charge is 0.353 e. The SMILES string of the molecule is CC(O)C1C(=O)N2C(C(=O)O)=C(CN3c4cccc5c(CC[N+]67CC[N+](CCCO)(CC6)CC7)ccc(c45)S3(=O)=O)SC12. The molecular weight excluding hydrogens is 592 g/mol. The van der Waals surface area contributed by atoms with Crippen LogP contribution < -0.4 is 4.31 Å². The number of thioether (sulfide) groups is 1. The van der Waals surface area contributed by atoms with E-state index in [0.717, 1.165) is 96.9 Å². The third-order valence-electron chi connectivity index (χ3n) is 10.6. The van der Waals surface area contributed by atoms with Gasteiger partial charge in [0.25, 0.3) is 10.0 Å². The molecule has 4 saturated heterocycles. The summed E-state index contributed by atoms with van der Waals surface area (Å²) in [6.07, 6.45) is 0.754. The third-order valence-corrected chi connectivity index (χ3v) is 13.7. The van der Waals surface area contributed by atoms with Gasteiger partial charge in [0.05, 0.1) is 42.2 Å². The molecule has 2 aromatic rings. The van der Waals surface area contributed by atoms with Crippen molar-refractivity contribution >= 4 is 50.1 Å². The Morgan fingerprint density at radius 3 is 2.37 bits per heavy atom. The lowest BCUT2D eigenvalue weighted by Gasteiger charge is -2.55. The van der Waals surface area contributed by atoms with Crippen molar-refractivity contribution in [3.8, 4) is 0 Å². The summed E-state index contributed by atoms with van der Waals surface area (Å²) in [4.78, 5) is 26.6. The van der Waals surface area contributed by atoms with Crippen LogP contribution in [0.25, 0.3) is 10.8 Å². The van der Waals surface area contributed by atoms with Crippen molar-refractivity contribution in [2.24, 2.45) is 5.92 Å². The maximum absolute atomic E-state index is 13.9. The van der Waals surface area contributed by atoms with Gasteiger partial charge in [0.1, 0.15) is 50.3 Å². The predicted molar refractivity (Wildman–Crippen MR) is 161 cm³/mol. The topological polar surface area (TPSA) is 135 Å². The van der Waals surface area contributed by atoms with Gasteiger partial charge in [-0.15, -0.1) is 0 Å². The van der Waals surface area contributed by atoms with Crippen molar-refractivity contribution in [2.75, 3.05) is 69.8 Å². The zero-order valence-electron chi connectivity index (χ0n) is 24.2. The quantitative estimate of drug-likeness (QED) is 0.263. The summed E-state index contributed by atoms with van der Waals surface area (Å²) in [5.41, 5.74) is 1.43. The van der Waals surface area contributed by atoms with E-state index in [1.807, 2.05) is 18.2 Å². The Morgan fingerprint density at radius 1 is 1.07 bits per heavy atom. The molecule has 0 saturated carbocycles. The van der Waals surface area contributed by atoms with Gasteiger partial charge in [-0.1, -0.05) is 30.0 Å². The number of aliphatic hydroxyl groups excluding tert-OH is 2. The number of β-lactam (4-membered cyclic amide) rings is 1. The first kappa shape index (κ1) is 29.1. The van der Waals surface area contributed by atoms with E-state index in [9.17, 15) is 33.3 Å². The number of sulfonamides is 1. The van der Waals surface area contributed by atoms with Crippen LogP contribution in [0.3, 0.4) is 0 Å². The Bertz CT molecular complexity index is 1650. The molecule has 0 aromatic heterocycles. The lowest BCUT2D eigenvalue weighted by Crippen LogP contribution is -2.75. The highest BCUT2D eigenvalue weighted by Crippen LogP contribution is 2.52. The van der Waals surface area contributed by atoms with E-state index < -0.39 is 39.3 Å². The van der Waals surface area contributed by atoms with E-state index in [1.165, 1.54) is 16.1 Å². The molecule has 6 aliphatic heterocycles. The van der Waals surface area contributed by atoms with Gasteiger partial charge in [-0.2, -0.15) is 0 Å². The Labute approximate surface area is 255 Å². The van der Waals surface area contributed by atoms with Gasteiger partial charge >= 0.3 is 5.97 Å². The van der Waals surface area contributed by atoms with Crippen LogP contribution in [0.15, 0.2) is 45.8 Å². The van der Waals surface area contributed by atoms with E-state index in [4.69, 9.17) is 0 Å². The van der Waals surface area contributed by atoms with E-state index >= 15 is 0 Å². The number of aliphatic hydroxyl groups is 2. The highest BCUT2D eigenvalue weighted by atomic mass is 32.2. The number of carbonyl (C=O) groups is 2. The van der Waals surface area contributed by atoms with Gasteiger partial charge in [0.2, 0.25) is 5.91 Å². The van der Waals surface area contributed by atoms with Gasteiger partial charge in [0.15, 0.2) is 0 Å². The standard InChI is InChI=1S/C30H37N4O7S2/c1-19(36)25-28(37)32-27(30(38)39)23(42-29(25)32)18-31-22-5-2-4-21-20(6-7-24(26(21)22)43(31,40)41)8-10-34-14-11-33(12-15-34,13-16-34)9-3-17-35/h2,4-7,19,25,29,35-36H,3,8-18H2,1H3/q+1/p+1. The maximum Gasteiger partial charge on any atom is 0.353 e. The molecule has 13 heteroatoms. The molecule has 8 rings (SSSR count). The molecule has 6 aliphatic rings. The summed E-state index contributed by atoms with van der Waals surface area (Å²) in [5, 5.41) is 30.4. The molecule has 0 spiro atoms. The van der Waals surface area contributed by atoms with E-state index in [0.29, 0.717) is 16.0 Å². The first-order valence-corrected chi connectivity index (χ1v) is 17.4. The van der Waals surface area contributed by atoms with E-state index in [1.54, 1.807) is 12.1 Å². The number of rotatable bonds is 10. The fraction of sp³-hybridized carbons (Fsp3) is 0.533. The van der Waals surface area contributed by atoms with Crippen LogP contribution in [0.4, 0.5) is 5.69 Å². The molecule has 0 aliphatic carbocycles. The molecule has 3 atom stereocenters. The summed E-state index contributed by atoms with van der Waals surface area (Å²) >= 11 is 1.15. The summed E-state index contributed by atoms with van der Waals surface area (Å²) < 4.78 is 31.2. The van der Waals surface area contributed by atoms with E-state index in [2.05, 4.69) is 0 Å². The number of benzene rings is 2. The molecule has 230 valence electrons. The van der Waals surface area contributed by atoms with Crippen molar-refractivity contribution in [3.05, 3.63) is 46.5 Å². The number of hydrogen-bond donors (Lipinski definition) is 3. The Hall–Kier alpha value is -2.68. The average Bonchev–Trinajstić information content (AvgIpc) is 3.42. The molecule has 1 amide bonds. The number of piperazine rings is 3. The third kappa shape index (κ3) is 4.34. The zero-order valence-corrected chi connectivity index (χ0v) is 25.8. The van der Waals surface area contributed by atoms with Gasteiger partial charge < -0.3 is 24.3 Å². The number of hydrogen-bond acceptors (Lipinski definition) is 7. The number of carboxylic acid groups (broad SMARTS) is 1. The predicted octanol–water partition coefficient (Wildman–Crippen LogP) is 1.14. The van der Waals surface area contributed by atoms with Crippen molar-refractivity contribution in [2.45, 2.75) is 36.1 Å². The van der Waals surface area contributed by atoms with Crippen molar-refractivity contribution in [1.82, 2.24) is 4.90 Å². The maximum atomic E-state index is 13.9. The van der Waals surface area contributed by atoms with Gasteiger partial charge in [-0.25, -0.2) is 13.2 Å². The molecular formula is C30H38N4O7S2+2. The lowest BCUT2D eigenvalue weighted by atomic mass is 9.92. The minimum atomic E-state index is -3.95. The molecule has 43 heavy (non-hydrogen) atoms. The van der Waals surface area contributed by atoms with Gasteiger partial charge in [0, 0.05) is 29.7 Å². The number of fused-ring (bicyclic) bond motifs is 4. The normalized spacial score (nSPS) is 31.1. The van der Waals surface area contributed by atoms with Crippen LogP contribution in [0.5, 0.6) is 0 Å². The summed E-state index contributed by atoms with van der Waals surface area (Å²) in [7, 11) is -3.95. The largest absolute Gasteiger partial charge is 0.477 e. The molecule has 2 aromatic carbocycles. The van der Waals surface area contributed by atoms with Gasteiger partial charge in [-0.3, -0.25) is 14.0 Å². The number of quaternary nitrogens is 2. The first-order valence-electron chi connectivity index (χ1n) is 15.0. The number of nitrogens with zero attached hydrogens (tertiary/aromatic N) is 4. The van der Waals surface area contributed by atoms with Crippen molar-refractivity contribution < 1.29 is 42.3 Å². The molecule has 2 bridgehead atoms. The van der Waals surface area contributed by atoms with Crippen LogP contribution in [0.1, 0.15) is 18.9 Å². The number of anilines is 1. The minimum Gasteiger partial charge on any atom is -0.477 e. The fourth-order valence-electron chi connectivity index (χ4n) is 7.95. The van der Waals surface area contributed by atoms with Crippen LogP contribution in [-0.2, 0) is 26.0 Å². The second kappa shape index (κ2) is 10.2. The molecule has 3 N–H and O–H groups in total. The minimum absolute atomic E-state index is 0.194. The molecule has 3 unspecified atom stereocenters. The average molecular weight is 631 g/mol. The zero-order chi connectivity index (χ0) is 30.3. The number of carboxylic acids is 1. The number of aliphatic carboxylic acids is 1. The van der Waals surface area contributed by atoms with Crippen LogP contribution in [-0.4, -0.2) is 126 Å². The van der Waals surface area contributed by atoms with Crippen molar-refractivity contribution in [1.29, 1.82) is 0 Å². The Balaban J connectivity index is 1.15. The summed E-state index contributed by atoms with van der Waals surface area (Å²) in [6, 6.07) is 9.22. The van der Waals surface area contributed by atoms with Crippen LogP contribution in [0.2, 0.25) is 0 Å². The lowest BCUT2D eigenvalue weighted by molar-refractivity contribution is -1.08. The van der Waals surface area contributed by atoms with Crippen molar-refractivity contribution in [3.63, 3.8) is 0 Å². The Morgan fingerprint density at radius 2 is 1.74 bits per heavy atom. The second-order valence-corrected chi connectivity index (χ2v) is 15.8. The second-order valence-electron chi connectivity index (χ2n) is 12.8. The monoisotopic (exact) mass is 630 g/mol. The summed E-state index contributed by atoms with van der Waals surface area (Å²) in [6.45, 7) is 10.4. The van der Waals surface area contributed by atoms with E-state index in [-0.39, 0.29) is 23.7 Å². The Kier molecular flexibility index (Phi) is 6.88. The highest BCUT2D eigenvalue weighted by Gasteiger charge is 2.58. The summed E-state index contributed by atoms with van der Waals surface area (Å²) in [5.74, 6) is -2.47. The van der Waals surface area contributed by atoms with Crippen LogP contribution in [0, 0.1) is 5.92 Å². The number of carbonyl (C=O) groups excluding carboxylic acids is 1.